The Kier molecular flexibility index (Phi) is 8.19. The van der Waals surface area contributed by atoms with Crippen LogP contribution >= 0.6 is 0 Å². The molecule has 0 N–H and O–H groups in total. The van der Waals surface area contributed by atoms with Crippen LogP contribution in [0.5, 0.6) is 5.75 Å². The van der Waals surface area contributed by atoms with Crippen molar-refractivity contribution in [3.63, 3.8) is 0 Å². The zero-order valence-electron chi connectivity index (χ0n) is 17.5. The number of hydrogen-bond acceptors (Lipinski definition) is 2. The van der Waals surface area contributed by atoms with E-state index in [2.05, 4.69) is 6.92 Å². The molecule has 3 heteroatoms. The minimum absolute atomic E-state index is 0.265. The molecule has 0 amide bonds. The zero-order valence-corrected chi connectivity index (χ0v) is 17.5. The topological polar surface area (TPSA) is 33.0 Å². The molecule has 0 heterocycles. The van der Waals surface area contributed by atoms with Gasteiger partial charge in [-0.2, -0.15) is 5.26 Å². The van der Waals surface area contributed by atoms with Gasteiger partial charge in [-0.1, -0.05) is 45.4 Å². The average Bonchev–Trinajstić information content (AvgIpc) is 2.73. The van der Waals surface area contributed by atoms with Crippen LogP contribution < -0.4 is 4.74 Å². The summed E-state index contributed by atoms with van der Waals surface area (Å²) in [7, 11) is 0. The SMILES string of the molecule is CCC[C@H]1CC[C@H]([C@H]2CC[C@H](CCCOc3ccc(C#N)cc3F)CC2)CC1. The van der Waals surface area contributed by atoms with Gasteiger partial charge in [-0.05, 0) is 80.4 Å². The van der Waals surface area contributed by atoms with E-state index < -0.39 is 5.82 Å². The van der Waals surface area contributed by atoms with E-state index in [9.17, 15) is 4.39 Å². The highest BCUT2D eigenvalue weighted by atomic mass is 19.1. The Morgan fingerprint density at radius 2 is 1.57 bits per heavy atom. The van der Waals surface area contributed by atoms with Gasteiger partial charge in [0.05, 0.1) is 18.2 Å². The molecule has 0 bridgehead atoms. The van der Waals surface area contributed by atoms with Gasteiger partial charge in [-0.25, -0.2) is 4.39 Å². The second-order valence-corrected chi connectivity index (χ2v) is 9.10. The quantitative estimate of drug-likeness (QED) is 0.441. The summed E-state index contributed by atoms with van der Waals surface area (Å²) >= 11 is 0. The Balaban J connectivity index is 1.30. The zero-order chi connectivity index (χ0) is 19.8. The first-order chi connectivity index (χ1) is 13.7. The molecule has 2 fully saturated rings. The van der Waals surface area contributed by atoms with E-state index >= 15 is 0 Å². The molecule has 2 aliphatic rings. The molecule has 0 atom stereocenters. The highest BCUT2D eigenvalue weighted by Gasteiger charge is 2.30. The maximum absolute atomic E-state index is 13.8. The van der Waals surface area contributed by atoms with Crippen molar-refractivity contribution in [2.75, 3.05) is 6.61 Å². The summed E-state index contributed by atoms with van der Waals surface area (Å²) in [4.78, 5) is 0. The fraction of sp³-hybridized carbons (Fsp3) is 0.720. The van der Waals surface area contributed by atoms with Crippen LogP contribution in [0.2, 0.25) is 0 Å². The van der Waals surface area contributed by atoms with Crippen LogP contribution in [-0.4, -0.2) is 6.61 Å². The third-order valence-electron chi connectivity index (χ3n) is 7.22. The predicted octanol–water partition coefficient (Wildman–Crippen LogP) is 7.27. The minimum atomic E-state index is -0.437. The van der Waals surface area contributed by atoms with Gasteiger partial charge in [0.1, 0.15) is 0 Å². The monoisotopic (exact) mass is 385 g/mol. The van der Waals surface area contributed by atoms with Gasteiger partial charge in [0, 0.05) is 0 Å². The first-order valence-electron chi connectivity index (χ1n) is 11.5. The number of hydrogen-bond donors (Lipinski definition) is 0. The number of ether oxygens (including phenoxy) is 1. The van der Waals surface area contributed by atoms with Crippen LogP contribution in [0.1, 0.15) is 89.5 Å². The maximum atomic E-state index is 13.8. The molecular weight excluding hydrogens is 349 g/mol. The molecule has 0 unspecified atom stereocenters. The maximum Gasteiger partial charge on any atom is 0.166 e. The summed E-state index contributed by atoms with van der Waals surface area (Å²) < 4.78 is 19.4. The Hall–Kier alpha value is -1.56. The van der Waals surface area contributed by atoms with Crippen molar-refractivity contribution in [3.05, 3.63) is 29.6 Å². The van der Waals surface area contributed by atoms with Crippen molar-refractivity contribution in [3.8, 4) is 11.8 Å². The molecule has 1 aromatic carbocycles. The van der Waals surface area contributed by atoms with Crippen LogP contribution in [0.25, 0.3) is 0 Å². The summed E-state index contributed by atoms with van der Waals surface area (Å²) in [6.07, 6.45) is 16.4. The van der Waals surface area contributed by atoms with Crippen molar-refractivity contribution < 1.29 is 9.13 Å². The van der Waals surface area contributed by atoms with Gasteiger partial charge in [0.2, 0.25) is 0 Å². The highest BCUT2D eigenvalue weighted by Crippen LogP contribution is 2.42. The van der Waals surface area contributed by atoms with Crippen LogP contribution in [0.4, 0.5) is 4.39 Å². The van der Waals surface area contributed by atoms with Gasteiger partial charge in [0.15, 0.2) is 11.6 Å². The highest BCUT2D eigenvalue weighted by molar-refractivity contribution is 5.35. The standard InChI is InChI=1S/C25H36FNO/c1-2-4-19-6-11-22(12-7-19)23-13-8-20(9-14-23)5-3-16-28-25-15-10-21(18-27)17-24(25)26/h10,15,17,19-20,22-23H,2-9,11-14,16H2,1H3/t19-,20-,22-,23-. The minimum Gasteiger partial charge on any atom is -0.491 e. The molecule has 1 aromatic rings. The van der Waals surface area contributed by atoms with Crippen molar-refractivity contribution in [1.82, 2.24) is 0 Å². The van der Waals surface area contributed by atoms with E-state index in [1.54, 1.807) is 12.1 Å². The van der Waals surface area contributed by atoms with Crippen molar-refractivity contribution in [2.45, 2.75) is 84.0 Å². The second-order valence-electron chi connectivity index (χ2n) is 9.10. The van der Waals surface area contributed by atoms with E-state index in [1.807, 2.05) is 6.07 Å². The molecule has 2 aliphatic carbocycles. The lowest BCUT2D eigenvalue weighted by atomic mass is 9.68. The summed E-state index contributed by atoms with van der Waals surface area (Å²) in [5.74, 6) is 3.63. The van der Waals surface area contributed by atoms with E-state index in [0.717, 1.165) is 30.1 Å². The van der Waals surface area contributed by atoms with Gasteiger partial charge in [-0.15, -0.1) is 0 Å². The van der Waals surface area contributed by atoms with Gasteiger partial charge in [-0.3, -0.25) is 0 Å². The molecule has 2 nitrogen and oxygen atoms in total. The largest absolute Gasteiger partial charge is 0.491 e. The Bertz CT molecular complexity index is 636. The fourth-order valence-electron chi connectivity index (χ4n) is 5.55. The Labute approximate surface area is 170 Å². The van der Waals surface area contributed by atoms with Crippen LogP contribution in [-0.2, 0) is 0 Å². The normalized spacial score (nSPS) is 27.9. The van der Waals surface area contributed by atoms with Crippen molar-refractivity contribution >= 4 is 0 Å². The Morgan fingerprint density at radius 3 is 2.11 bits per heavy atom. The predicted molar refractivity (Wildman–Crippen MR) is 112 cm³/mol. The first kappa shape index (κ1) is 21.2. The summed E-state index contributed by atoms with van der Waals surface area (Å²) in [5.41, 5.74) is 0.334. The van der Waals surface area contributed by atoms with Crippen molar-refractivity contribution in [1.29, 1.82) is 5.26 Å². The summed E-state index contributed by atoms with van der Waals surface area (Å²) in [6, 6.07) is 6.36. The first-order valence-corrected chi connectivity index (χ1v) is 11.5. The van der Waals surface area contributed by atoms with Gasteiger partial charge < -0.3 is 4.74 Å². The molecule has 0 saturated heterocycles. The smallest absolute Gasteiger partial charge is 0.166 e. The lowest BCUT2D eigenvalue weighted by molar-refractivity contribution is 0.138. The molecule has 154 valence electrons. The second kappa shape index (κ2) is 10.8. The molecule has 3 rings (SSSR count). The lowest BCUT2D eigenvalue weighted by Gasteiger charge is -2.38. The molecule has 0 aliphatic heterocycles. The number of nitriles is 1. The van der Waals surface area contributed by atoms with Crippen LogP contribution in [0.15, 0.2) is 18.2 Å². The lowest BCUT2D eigenvalue weighted by Crippen LogP contribution is -2.26. The molecule has 0 radical (unpaired) electrons. The van der Waals surface area contributed by atoms with Gasteiger partial charge >= 0.3 is 0 Å². The third kappa shape index (κ3) is 5.97. The number of rotatable bonds is 8. The van der Waals surface area contributed by atoms with Crippen LogP contribution in [0.3, 0.4) is 0 Å². The number of nitrogens with zero attached hydrogens (tertiary/aromatic N) is 1. The van der Waals surface area contributed by atoms with E-state index in [0.29, 0.717) is 12.2 Å². The Morgan fingerprint density at radius 1 is 0.964 bits per heavy atom. The van der Waals surface area contributed by atoms with E-state index in [-0.39, 0.29) is 5.75 Å². The molecule has 28 heavy (non-hydrogen) atoms. The molecule has 0 aromatic heterocycles. The van der Waals surface area contributed by atoms with E-state index in [4.69, 9.17) is 10.00 Å². The molecule has 2 saturated carbocycles. The summed E-state index contributed by atoms with van der Waals surface area (Å²) in [6.45, 7) is 2.88. The van der Waals surface area contributed by atoms with E-state index in [1.165, 1.54) is 76.7 Å². The van der Waals surface area contributed by atoms with Crippen molar-refractivity contribution in [2.24, 2.45) is 23.7 Å². The fourth-order valence-corrected chi connectivity index (χ4v) is 5.55. The molecule has 0 spiro atoms. The number of halogens is 1. The third-order valence-corrected chi connectivity index (χ3v) is 7.22. The van der Waals surface area contributed by atoms with Crippen LogP contribution in [0, 0.1) is 40.8 Å². The molecular formula is C25H36FNO. The number of benzene rings is 1. The average molecular weight is 386 g/mol. The van der Waals surface area contributed by atoms with Gasteiger partial charge in [0.25, 0.3) is 0 Å². The summed E-state index contributed by atoms with van der Waals surface area (Å²) in [5, 5.41) is 8.79.